The lowest BCUT2D eigenvalue weighted by atomic mass is 10.1. The van der Waals surface area contributed by atoms with Crippen LogP contribution < -0.4 is 0 Å². The zero-order valence-corrected chi connectivity index (χ0v) is 12.7. The van der Waals surface area contributed by atoms with Crippen LogP contribution in [0, 0.1) is 17.0 Å². The molecular weight excluding hydrogens is 312 g/mol. The van der Waals surface area contributed by atoms with E-state index in [1.54, 1.807) is 0 Å². The molecule has 1 aromatic carbocycles. The van der Waals surface area contributed by atoms with E-state index in [0.717, 1.165) is 10.4 Å². The van der Waals surface area contributed by atoms with Crippen LogP contribution in [0.3, 0.4) is 0 Å². The van der Waals surface area contributed by atoms with E-state index in [-0.39, 0.29) is 23.5 Å². The van der Waals surface area contributed by atoms with Gasteiger partial charge in [-0.15, -0.1) is 0 Å². The van der Waals surface area contributed by atoms with Crippen LogP contribution in [0.4, 0.5) is 5.69 Å². The van der Waals surface area contributed by atoms with Gasteiger partial charge in [-0.05, 0) is 31.7 Å². The van der Waals surface area contributed by atoms with Crippen molar-refractivity contribution in [2.45, 2.75) is 37.1 Å². The number of carbonyl (C=O) groups is 1. The van der Waals surface area contributed by atoms with Crippen molar-refractivity contribution in [2.75, 3.05) is 6.54 Å². The molecule has 0 unspecified atom stereocenters. The number of nitro groups is 1. The molecule has 0 aromatic heterocycles. The number of carboxylic acid groups (broad SMARTS) is 1. The van der Waals surface area contributed by atoms with Gasteiger partial charge in [-0.25, -0.2) is 8.42 Å². The molecule has 0 amide bonds. The predicted molar refractivity (Wildman–Crippen MR) is 77.0 cm³/mol. The third kappa shape index (κ3) is 2.95. The minimum absolute atomic E-state index is 0.0986. The van der Waals surface area contributed by atoms with Gasteiger partial charge in [0.25, 0.3) is 5.69 Å². The van der Waals surface area contributed by atoms with E-state index < -0.39 is 27.0 Å². The molecular formula is C13H16N2O6S. The van der Waals surface area contributed by atoms with E-state index in [2.05, 4.69) is 0 Å². The topological polar surface area (TPSA) is 118 Å². The van der Waals surface area contributed by atoms with Crippen molar-refractivity contribution in [3.8, 4) is 0 Å². The van der Waals surface area contributed by atoms with Gasteiger partial charge in [-0.3, -0.25) is 14.9 Å². The molecule has 0 bridgehead atoms. The molecule has 0 spiro atoms. The molecule has 9 heteroatoms. The second kappa shape index (κ2) is 6.01. The van der Waals surface area contributed by atoms with Crippen molar-refractivity contribution in [3.05, 3.63) is 33.9 Å². The first-order valence-electron chi connectivity index (χ1n) is 6.75. The Bertz CT molecular complexity index is 715. The van der Waals surface area contributed by atoms with E-state index in [1.807, 2.05) is 0 Å². The number of non-ortho nitro benzene ring substituents is 1. The third-order valence-electron chi connectivity index (χ3n) is 3.71. The minimum atomic E-state index is -4.09. The molecule has 0 aliphatic carbocycles. The monoisotopic (exact) mass is 328 g/mol. The quantitative estimate of drug-likeness (QED) is 0.661. The summed E-state index contributed by atoms with van der Waals surface area (Å²) in [6, 6.07) is 2.43. The van der Waals surface area contributed by atoms with E-state index in [0.29, 0.717) is 18.4 Å². The Balaban J connectivity index is 2.51. The normalized spacial score (nSPS) is 19.8. The van der Waals surface area contributed by atoms with Gasteiger partial charge in [0, 0.05) is 18.7 Å². The summed E-state index contributed by atoms with van der Waals surface area (Å²) in [7, 11) is -4.09. The molecule has 1 atom stereocenters. The molecule has 1 fully saturated rings. The number of hydrogen-bond donors (Lipinski definition) is 1. The third-order valence-corrected chi connectivity index (χ3v) is 5.76. The first kappa shape index (κ1) is 16.4. The molecule has 1 aliphatic rings. The first-order valence-corrected chi connectivity index (χ1v) is 8.19. The van der Waals surface area contributed by atoms with Gasteiger partial charge < -0.3 is 5.11 Å². The second-order valence-corrected chi connectivity index (χ2v) is 7.03. The van der Waals surface area contributed by atoms with Gasteiger partial charge >= 0.3 is 5.97 Å². The van der Waals surface area contributed by atoms with Gasteiger partial charge in [0.15, 0.2) is 0 Å². The summed E-state index contributed by atoms with van der Waals surface area (Å²) in [6.45, 7) is 1.62. The van der Waals surface area contributed by atoms with Crippen molar-refractivity contribution < 1.29 is 23.2 Å². The SMILES string of the molecule is Cc1ccc([N+](=O)[O-])cc1S(=O)(=O)N1CCCC[C@H]1C(=O)O. The molecule has 1 N–H and O–H groups in total. The van der Waals surface area contributed by atoms with Gasteiger partial charge in [-0.1, -0.05) is 6.07 Å². The van der Waals surface area contributed by atoms with Crippen LogP contribution in [0.25, 0.3) is 0 Å². The average molecular weight is 328 g/mol. The van der Waals surface area contributed by atoms with Crippen molar-refractivity contribution in [1.82, 2.24) is 4.31 Å². The molecule has 2 rings (SSSR count). The van der Waals surface area contributed by atoms with Crippen LogP contribution in [0.1, 0.15) is 24.8 Å². The maximum absolute atomic E-state index is 12.7. The summed E-state index contributed by atoms with van der Waals surface area (Å²) in [5.41, 5.74) is 0.00775. The highest BCUT2D eigenvalue weighted by atomic mass is 32.2. The fraction of sp³-hybridized carbons (Fsp3) is 0.462. The molecule has 1 heterocycles. The second-order valence-electron chi connectivity index (χ2n) is 5.17. The number of piperidine rings is 1. The van der Waals surface area contributed by atoms with E-state index in [4.69, 9.17) is 0 Å². The number of nitro benzene ring substituents is 1. The van der Waals surface area contributed by atoms with Crippen LogP contribution in [-0.4, -0.2) is 41.3 Å². The van der Waals surface area contributed by atoms with Crippen LogP contribution in [0.5, 0.6) is 0 Å². The number of aliphatic carboxylic acids is 1. The predicted octanol–water partition coefficient (Wildman–Crippen LogP) is 1.53. The van der Waals surface area contributed by atoms with Crippen LogP contribution in [-0.2, 0) is 14.8 Å². The number of aryl methyl sites for hydroxylation is 1. The highest BCUT2D eigenvalue weighted by Crippen LogP contribution is 2.29. The molecule has 8 nitrogen and oxygen atoms in total. The zero-order valence-electron chi connectivity index (χ0n) is 11.9. The van der Waals surface area contributed by atoms with Crippen molar-refractivity contribution >= 4 is 21.7 Å². The van der Waals surface area contributed by atoms with Gasteiger partial charge in [0.1, 0.15) is 6.04 Å². The summed E-state index contributed by atoms with van der Waals surface area (Å²) in [5, 5.41) is 20.1. The smallest absolute Gasteiger partial charge is 0.322 e. The molecule has 0 saturated carbocycles. The Kier molecular flexibility index (Phi) is 4.47. The van der Waals surface area contributed by atoms with Gasteiger partial charge in [0.05, 0.1) is 9.82 Å². The largest absolute Gasteiger partial charge is 0.480 e. The van der Waals surface area contributed by atoms with Crippen LogP contribution >= 0.6 is 0 Å². The Morgan fingerprint density at radius 2 is 2.09 bits per heavy atom. The van der Waals surface area contributed by atoms with Crippen LogP contribution in [0.15, 0.2) is 23.1 Å². The zero-order chi connectivity index (χ0) is 16.5. The summed E-state index contributed by atoms with van der Waals surface area (Å²) >= 11 is 0. The summed E-state index contributed by atoms with van der Waals surface area (Å²) < 4.78 is 26.4. The fourth-order valence-corrected chi connectivity index (χ4v) is 4.44. The number of hydrogen-bond acceptors (Lipinski definition) is 5. The lowest BCUT2D eigenvalue weighted by Gasteiger charge is -2.32. The number of nitrogens with zero attached hydrogens (tertiary/aromatic N) is 2. The maximum Gasteiger partial charge on any atom is 0.322 e. The number of benzene rings is 1. The highest BCUT2D eigenvalue weighted by molar-refractivity contribution is 7.89. The van der Waals surface area contributed by atoms with E-state index in [9.17, 15) is 28.4 Å². The minimum Gasteiger partial charge on any atom is -0.480 e. The molecule has 1 saturated heterocycles. The molecule has 1 aromatic rings. The average Bonchev–Trinajstić information content (AvgIpc) is 2.47. The Morgan fingerprint density at radius 3 is 2.68 bits per heavy atom. The van der Waals surface area contributed by atoms with Gasteiger partial charge in [0.2, 0.25) is 10.0 Å². The maximum atomic E-state index is 12.7. The molecule has 1 aliphatic heterocycles. The lowest BCUT2D eigenvalue weighted by Crippen LogP contribution is -2.47. The summed E-state index contributed by atoms with van der Waals surface area (Å²) in [4.78, 5) is 21.2. The number of sulfonamides is 1. The summed E-state index contributed by atoms with van der Waals surface area (Å²) in [5.74, 6) is -1.20. The first-order chi connectivity index (χ1) is 10.2. The number of carboxylic acids is 1. The molecule has 22 heavy (non-hydrogen) atoms. The lowest BCUT2D eigenvalue weighted by molar-refractivity contribution is -0.385. The Hall–Kier alpha value is -2.00. The van der Waals surface area contributed by atoms with Crippen molar-refractivity contribution in [3.63, 3.8) is 0 Å². The Labute approximate surface area is 127 Å². The fourth-order valence-electron chi connectivity index (χ4n) is 2.55. The highest BCUT2D eigenvalue weighted by Gasteiger charge is 2.38. The van der Waals surface area contributed by atoms with E-state index in [1.165, 1.54) is 19.1 Å². The Morgan fingerprint density at radius 1 is 1.41 bits per heavy atom. The van der Waals surface area contributed by atoms with Crippen molar-refractivity contribution in [2.24, 2.45) is 0 Å². The van der Waals surface area contributed by atoms with Crippen molar-refractivity contribution in [1.29, 1.82) is 0 Å². The van der Waals surface area contributed by atoms with E-state index >= 15 is 0 Å². The van der Waals surface area contributed by atoms with Gasteiger partial charge in [-0.2, -0.15) is 4.31 Å². The molecule has 0 radical (unpaired) electrons. The number of rotatable bonds is 4. The summed E-state index contributed by atoms with van der Waals surface area (Å²) in [6.07, 6.45) is 1.44. The molecule has 120 valence electrons. The van der Waals surface area contributed by atoms with Crippen LogP contribution in [0.2, 0.25) is 0 Å². The standard InChI is InChI=1S/C13H16N2O6S/c1-9-5-6-10(15(18)19)8-12(9)22(20,21)14-7-3-2-4-11(14)13(16)17/h5-6,8,11H,2-4,7H2,1H3,(H,16,17)/t11-/m0/s1.